The fourth-order valence-corrected chi connectivity index (χ4v) is 1.88. The molecular formula is C11H22N2O2. The molecule has 0 bridgehead atoms. The molecule has 0 aromatic rings. The van der Waals surface area contributed by atoms with E-state index in [2.05, 4.69) is 17.6 Å². The summed E-state index contributed by atoms with van der Waals surface area (Å²) in [5.41, 5.74) is 0. The molecule has 1 heterocycles. The number of carbonyl (C=O) groups excluding carboxylic acids is 1. The van der Waals surface area contributed by atoms with Gasteiger partial charge in [0.1, 0.15) is 0 Å². The van der Waals surface area contributed by atoms with Crippen LogP contribution < -0.4 is 10.6 Å². The molecule has 3 unspecified atom stereocenters. The van der Waals surface area contributed by atoms with Crippen LogP contribution >= 0.6 is 0 Å². The highest BCUT2D eigenvalue weighted by Gasteiger charge is 2.29. The van der Waals surface area contributed by atoms with Crippen molar-refractivity contribution in [2.24, 2.45) is 11.8 Å². The number of carbonyl (C=O) groups is 1. The summed E-state index contributed by atoms with van der Waals surface area (Å²) in [4.78, 5) is 11.8. The van der Waals surface area contributed by atoms with Crippen molar-refractivity contribution in [2.45, 2.75) is 26.3 Å². The first-order valence-electron chi connectivity index (χ1n) is 5.65. The van der Waals surface area contributed by atoms with Crippen LogP contribution in [0.2, 0.25) is 0 Å². The molecule has 1 aliphatic rings. The molecule has 3 atom stereocenters. The van der Waals surface area contributed by atoms with Crippen LogP contribution in [0.4, 0.5) is 0 Å². The van der Waals surface area contributed by atoms with E-state index in [0.717, 1.165) is 19.5 Å². The van der Waals surface area contributed by atoms with Gasteiger partial charge in [0.05, 0.1) is 5.92 Å². The zero-order chi connectivity index (χ0) is 11.3. The maximum atomic E-state index is 11.8. The second-order valence-corrected chi connectivity index (χ2v) is 4.43. The van der Waals surface area contributed by atoms with Crippen molar-refractivity contribution in [1.82, 2.24) is 10.6 Å². The van der Waals surface area contributed by atoms with Crippen molar-refractivity contribution in [3.8, 4) is 0 Å². The Morgan fingerprint density at radius 3 is 2.87 bits per heavy atom. The number of methoxy groups -OCH3 is 1. The van der Waals surface area contributed by atoms with Crippen molar-refractivity contribution in [3.63, 3.8) is 0 Å². The third kappa shape index (κ3) is 3.80. The van der Waals surface area contributed by atoms with Crippen molar-refractivity contribution in [1.29, 1.82) is 0 Å². The summed E-state index contributed by atoms with van der Waals surface area (Å²) in [7, 11) is 1.68. The first-order chi connectivity index (χ1) is 7.15. The molecule has 4 nitrogen and oxygen atoms in total. The van der Waals surface area contributed by atoms with Gasteiger partial charge in [-0.1, -0.05) is 6.92 Å². The second-order valence-electron chi connectivity index (χ2n) is 4.43. The first kappa shape index (κ1) is 12.5. The summed E-state index contributed by atoms with van der Waals surface area (Å²) in [5.74, 6) is 0.755. The molecule has 15 heavy (non-hydrogen) atoms. The Balaban J connectivity index is 2.28. The van der Waals surface area contributed by atoms with Gasteiger partial charge in [-0.2, -0.15) is 0 Å². The fraction of sp³-hybridized carbons (Fsp3) is 0.909. The van der Waals surface area contributed by atoms with Gasteiger partial charge in [-0.3, -0.25) is 4.79 Å². The van der Waals surface area contributed by atoms with Gasteiger partial charge in [0.2, 0.25) is 5.91 Å². The molecule has 1 amide bonds. The molecule has 1 rings (SSSR count). The van der Waals surface area contributed by atoms with Crippen LogP contribution in [0.1, 0.15) is 20.3 Å². The third-order valence-corrected chi connectivity index (χ3v) is 3.00. The largest absolute Gasteiger partial charge is 0.385 e. The van der Waals surface area contributed by atoms with Gasteiger partial charge in [0.15, 0.2) is 0 Å². The van der Waals surface area contributed by atoms with E-state index in [0.29, 0.717) is 12.5 Å². The van der Waals surface area contributed by atoms with Crippen LogP contribution in [0.25, 0.3) is 0 Å². The molecule has 88 valence electrons. The minimum Gasteiger partial charge on any atom is -0.385 e. The van der Waals surface area contributed by atoms with Gasteiger partial charge in [-0.15, -0.1) is 0 Å². The van der Waals surface area contributed by atoms with Gasteiger partial charge in [0.25, 0.3) is 0 Å². The van der Waals surface area contributed by atoms with E-state index in [4.69, 9.17) is 4.74 Å². The smallest absolute Gasteiger partial charge is 0.224 e. The number of hydrogen-bond donors (Lipinski definition) is 2. The average molecular weight is 214 g/mol. The standard InChI is InChI=1S/C11H22N2O2/c1-8-6-12-7-10(8)11(14)13-9(2)4-5-15-3/h8-10,12H,4-7H2,1-3H3,(H,13,14). The molecule has 0 aromatic carbocycles. The molecule has 1 aliphatic heterocycles. The highest BCUT2D eigenvalue weighted by molar-refractivity contribution is 5.79. The highest BCUT2D eigenvalue weighted by atomic mass is 16.5. The van der Waals surface area contributed by atoms with Crippen molar-refractivity contribution in [2.75, 3.05) is 26.8 Å². The van der Waals surface area contributed by atoms with E-state index in [1.54, 1.807) is 7.11 Å². The summed E-state index contributed by atoms with van der Waals surface area (Å²) in [6.45, 7) is 6.59. The zero-order valence-electron chi connectivity index (χ0n) is 9.88. The monoisotopic (exact) mass is 214 g/mol. The van der Waals surface area contributed by atoms with E-state index in [-0.39, 0.29) is 17.9 Å². The van der Waals surface area contributed by atoms with Crippen molar-refractivity contribution in [3.05, 3.63) is 0 Å². The van der Waals surface area contributed by atoms with E-state index < -0.39 is 0 Å². The molecule has 4 heteroatoms. The number of rotatable bonds is 5. The molecule has 0 radical (unpaired) electrons. The van der Waals surface area contributed by atoms with Crippen LogP contribution in [0, 0.1) is 11.8 Å². The minimum absolute atomic E-state index is 0.134. The van der Waals surface area contributed by atoms with E-state index in [1.807, 2.05) is 6.92 Å². The molecule has 0 spiro atoms. The summed E-state index contributed by atoms with van der Waals surface area (Å²) >= 11 is 0. The Kier molecular flexibility index (Phi) is 5.05. The molecule has 2 N–H and O–H groups in total. The van der Waals surface area contributed by atoms with Crippen LogP contribution in [-0.4, -0.2) is 38.8 Å². The Hall–Kier alpha value is -0.610. The average Bonchev–Trinajstić information content (AvgIpc) is 2.61. The lowest BCUT2D eigenvalue weighted by molar-refractivity contribution is -0.126. The second kappa shape index (κ2) is 6.08. The lowest BCUT2D eigenvalue weighted by atomic mass is 9.97. The Morgan fingerprint density at radius 1 is 1.60 bits per heavy atom. The number of amides is 1. The maximum absolute atomic E-state index is 11.8. The summed E-state index contributed by atoms with van der Waals surface area (Å²) < 4.78 is 4.98. The van der Waals surface area contributed by atoms with E-state index >= 15 is 0 Å². The fourth-order valence-electron chi connectivity index (χ4n) is 1.88. The quantitative estimate of drug-likeness (QED) is 0.696. The lowest BCUT2D eigenvalue weighted by Crippen LogP contribution is -2.40. The first-order valence-corrected chi connectivity index (χ1v) is 5.65. The van der Waals surface area contributed by atoms with Crippen molar-refractivity contribution < 1.29 is 9.53 Å². The topological polar surface area (TPSA) is 50.4 Å². The van der Waals surface area contributed by atoms with Gasteiger partial charge < -0.3 is 15.4 Å². The van der Waals surface area contributed by atoms with Crippen LogP contribution in [0.3, 0.4) is 0 Å². The lowest BCUT2D eigenvalue weighted by Gasteiger charge is -2.18. The summed E-state index contributed by atoms with van der Waals surface area (Å²) in [6, 6.07) is 0.199. The van der Waals surface area contributed by atoms with Crippen LogP contribution in [0.5, 0.6) is 0 Å². The normalized spacial score (nSPS) is 27.7. The number of ether oxygens (including phenoxy) is 1. The predicted octanol–water partition coefficient (Wildman–Crippen LogP) is 0.383. The van der Waals surface area contributed by atoms with E-state index in [9.17, 15) is 4.79 Å². The number of nitrogens with one attached hydrogen (secondary N) is 2. The predicted molar refractivity (Wildman–Crippen MR) is 59.6 cm³/mol. The van der Waals surface area contributed by atoms with Crippen LogP contribution in [0.15, 0.2) is 0 Å². The third-order valence-electron chi connectivity index (χ3n) is 3.00. The van der Waals surface area contributed by atoms with Gasteiger partial charge >= 0.3 is 0 Å². The van der Waals surface area contributed by atoms with Gasteiger partial charge in [0, 0.05) is 26.3 Å². The minimum atomic E-state index is 0.134. The summed E-state index contributed by atoms with van der Waals surface area (Å²) in [5, 5.41) is 6.26. The van der Waals surface area contributed by atoms with Gasteiger partial charge in [-0.05, 0) is 25.8 Å². The molecule has 0 aromatic heterocycles. The summed E-state index contributed by atoms with van der Waals surface area (Å²) in [6.07, 6.45) is 0.872. The highest BCUT2D eigenvalue weighted by Crippen LogP contribution is 2.15. The Morgan fingerprint density at radius 2 is 2.33 bits per heavy atom. The molecule has 0 saturated carbocycles. The SMILES string of the molecule is COCCC(C)NC(=O)C1CNCC1C. The molecule has 0 aliphatic carbocycles. The molecular weight excluding hydrogens is 192 g/mol. The van der Waals surface area contributed by atoms with Gasteiger partial charge in [-0.25, -0.2) is 0 Å². The number of hydrogen-bond acceptors (Lipinski definition) is 3. The van der Waals surface area contributed by atoms with Crippen molar-refractivity contribution >= 4 is 5.91 Å². The van der Waals surface area contributed by atoms with E-state index in [1.165, 1.54) is 0 Å². The van der Waals surface area contributed by atoms with Crippen LogP contribution in [-0.2, 0) is 9.53 Å². The Bertz CT molecular complexity index is 209. The molecule has 1 saturated heterocycles. The molecule has 1 fully saturated rings. The zero-order valence-corrected chi connectivity index (χ0v) is 9.88. The Labute approximate surface area is 91.8 Å². The maximum Gasteiger partial charge on any atom is 0.224 e.